The van der Waals surface area contributed by atoms with Crippen molar-refractivity contribution in [3.63, 3.8) is 0 Å². The van der Waals surface area contributed by atoms with Crippen LogP contribution in [-0.2, 0) is 9.59 Å². The van der Waals surface area contributed by atoms with E-state index in [0.717, 1.165) is 24.3 Å². The Bertz CT molecular complexity index is 304. The van der Waals surface area contributed by atoms with Gasteiger partial charge in [0.25, 0.3) is 0 Å². The van der Waals surface area contributed by atoms with Gasteiger partial charge < -0.3 is 16.4 Å². The number of amides is 2. The van der Waals surface area contributed by atoms with E-state index in [0.29, 0.717) is 12.5 Å². The van der Waals surface area contributed by atoms with Gasteiger partial charge in [-0.25, -0.2) is 0 Å². The third-order valence-corrected chi connectivity index (χ3v) is 3.71. The number of carbonyl (C=O) groups excluding carboxylic acids is 2. The highest BCUT2D eigenvalue weighted by atomic mass is 32.2. The zero-order chi connectivity index (χ0) is 12.7. The lowest BCUT2D eigenvalue weighted by Crippen LogP contribution is -2.44. The first-order valence-electron chi connectivity index (χ1n) is 5.51. The third kappa shape index (κ3) is 5.88. The first-order chi connectivity index (χ1) is 8.09. The van der Waals surface area contributed by atoms with Crippen LogP contribution >= 0.6 is 24.0 Å². The number of nitrogens with one attached hydrogen (secondary N) is 2. The molecule has 0 aromatic carbocycles. The quantitative estimate of drug-likeness (QED) is 0.482. The monoisotopic (exact) mass is 275 g/mol. The number of thiocarbonyl (C=S) groups is 1. The fourth-order valence-corrected chi connectivity index (χ4v) is 2.79. The lowest BCUT2D eigenvalue weighted by molar-refractivity contribution is -0.139. The number of rotatable bonds is 4. The molecule has 0 atom stereocenters. The summed E-state index contributed by atoms with van der Waals surface area (Å²) < 4.78 is 0. The van der Waals surface area contributed by atoms with Crippen molar-refractivity contribution in [2.45, 2.75) is 12.8 Å². The first-order valence-corrected chi connectivity index (χ1v) is 7.08. The molecule has 4 N–H and O–H groups in total. The Kier molecular flexibility index (Phi) is 6.28. The van der Waals surface area contributed by atoms with Gasteiger partial charge in [0.2, 0.25) is 0 Å². The van der Waals surface area contributed by atoms with Crippen LogP contribution in [0.25, 0.3) is 0 Å². The van der Waals surface area contributed by atoms with Crippen LogP contribution in [0.1, 0.15) is 12.8 Å². The number of carbonyl (C=O) groups is 2. The third-order valence-electron chi connectivity index (χ3n) is 2.52. The molecule has 1 saturated heterocycles. The van der Waals surface area contributed by atoms with E-state index in [1.807, 2.05) is 11.8 Å². The molecule has 0 aromatic rings. The molecular formula is C10H17N3O2S2. The molecule has 0 radical (unpaired) electrons. The van der Waals surface area contributed by atoms with E-state index in [1.54, 1.807) is 0 Å². The minimum Gasteiger partial charge on any atom is -0.392 e. The summed E-state index contributed by atoms with van der Waals surface area (Å²) in [6.45, 7) is 0.627. The number of nitrogens with two attached hydrogens (primary N) is 1. The maximum absolute atomic E-state index is 11.4. The van der Waals surface area contributed by atoms with E-state index < -0.39 is 11.8 Å². The molecule has 2 amide bonds. The van der Waals surface area contributed by atoms with Gasteiger partial charge >= 0.3 is 11.8 Å². The van der Waals surface area contributed by atoms with Gasteiger partial charge in [0.1, 0.15) is 0 Å². The summed E-state index contributed by atoms with van der Waals surface area (Å²) in [6, 6.07) is 0. The van der Waals surface area contributed by atoms with Crippen molar-refractivity contribution in [3.8, 4) is 0 Å². The maximum atomic E-state index is 11.4. The Morgan fingerprint density at radius 2 is 1.82 bits per heavy atom. The normalized spacial score (nSPS) is 16.2. The summed E-state index contributed by atoms with van der Waals surface area (Å²) >= 11 is 6.53. The predicted molar refractivity (Wildman–Crippen MR) is 72.9 cm³/mol. The maximum Gasteiger partial charge on any atom is 0.309 e. The molecule has 1 aliphatic heterocycles. The highest BCUT2D eigenvalue weighted by Crippen LogP contribution is 2.21. The number of hydrogen-bond donors (Lipinski definition) is 3. The van der Waals surface area contributed by atoms with E-state index in [2.05, 4.69) is 22.9 Å². The van der Waals surface area contributed by atoms with Gasteiger partial charge in [-0.1, -0.05) is 12.2 Å². The Morgan fingerprint density at radius 1 is 1.24 bits per heavy atom. The largest absolute Gasteiger partial charge is 0.392 e. The summed E-state index contributed by atoms with van der Waals surface area (Å²) in [5, 5.41) is 4.98. The average Bonchev–Trinajstić information content (AvgIpc) is 2.34. The van der Waals surface area contributed by atoms with Crippen LogP contribution in [0.3, 0.4) is 0 Å². The predicted octanol–water partition coefficient (Wildman–Crippen LogP) is -0.352. The van der Waals surface area contributed by atoms with Crippen LogP contribution in [-0.4, -0.2) is 41.4 Å². The van der Waals surface area contributed by atoms with Crippen molar-refractivity contribution in [2.75, 3.05) is 24.6 Å². The molecule has 0 unspecified atom stereocenters. The topological polar surface area (TPSA) is 84.2 Å². The van der Waals surface area contributed by atoms with E-state index in [1.165, 1.54) is 0 Å². The Labute approximate surface area is 110 Å². The van der Waals surface area contributed by atoms with Crippen LogP contribution in [0.4, 0.5) is 0 Å². The van der Waals surface area contributed by atoms with Gasteiger partial charge in [0, 0.05) is 6.54 Å². The van der Waals surface area contributed by atoms with Crippen molar-refractivity contribution >= 4 is 40.8 Å². The molecule has 7 heteroatoms. The molecule has 0 aliphatic carbocycles. The van der Waals surface area contributed by atoms with Gasteiger partial charge in [-0.05, 0) is 30.3 Å². The average molecular weight is 275 g/mol. The molecule has 17 heavy (non-hydrogen) atoms. The zero-order valence-electron chi connectivity index (χ0n) is 9.53. The molecule has 0 spiro atoms. The van der Waals surface area contributed by atoms with Crippen LogP contribution < -0.4 is 16.4 Å². The lowest BCUT2D eigenvalue weighted by Gasteiger charge is -2.21. The van der Waals surface area contributed by atoms with Crippen molar-refractivity contribution in [3.05, 3.63) is 0 Å². The molecular weight excluding hydrogens is 258 g/mol. The first kappa shape index (κ1) is 14.2. The van der Waals surface area contributed by atoms with Gasteiger partial charge in [-0.2, -0.15) is 11.8 Å². The number of thioether (sulfide) groups is 1. The summed E-state index contributed by atoms with van der Waals surface area (Å²) in [5.41, 5.74) is 5.21. The van der Waals surface area contributed by atoms with E-state index in [-0.39, 0.29) is 11.5 Å². The van der Waals surface area contributed by atoms with Crippen LogP contribution in [0.5, 0.6) is 0 Å². The Hall–Kier alpha value is -0.820. The molecule has 0 aromatic heterocycles. The highest BCUT2D eigenvalue weighted by molar-refractivity contribution is 7.99. The fourth-order valence-electron chi connectivity index (χ4n) is 1.52. The zero-order valence-corrected chi connectivity index (χ0v) is 11.2. The molecule has 5 nitrogen and oxygen atoms in total. The minimum atomic E-state index is -0.678. The lowest BCUT2D eigenvalue weighted by atomic mass is 10.0. The van der Waals surface area contributed by atoms with Gasteiger partial charge in [0.05, 0.1) is 11.5 Å². The highest BCUT2D eigenvalue weighted by Gasteiger charge is 2.17. The van der Waals surface area contributed by atoms with E-state index in [9.17, 15) is 9.59 Å². The smallest absolute Gasteiger partial charge is 0.309 e. The van der Waals surface area contributed by atoms with Gasteiger partial charge in [0.15, 0.2) is 0 Å². The van der Waals surface area contributed by atoms with E-state index in [4.69, 9.17) is 5.73 Å². The fraction of sp³-hybridized carbons (Fsp3) is 0.700. The Morgan fingerprint density at radius 3 is 2.41 bits per heavy atom. The van der Waals surface area contributed by atoms with Crippen molar-refractivity contribution in [1.29, 1.82) is 0 Å². The van der Waals surface area contributed by atoms with Gasteiger partial charge in [-0.3, -0.25) is 9.59 Å². The molecule has 0 saturated carbocycles. The van der Waals surface area contributed by atoms with Crippen molar-refractivity contribution < 1.29 is 9.59 Å². The van der Waals surface area contributed by atoms with Crippen molar-refractivity contribution in [1.82, 2.24) is 10.6 Å². The Balaban J connectivity index is 2.19. The molecule has 1 aliphatic rings. The van der Waals surface area contributed by atoms with Crippen LogP contribution in [0.15, 0.2) is 0 Å². The molecule has 0 bridgehead atoms. The second-order valence-corrected chi connectivity index (χ2v) is 5.66. The standard InChI is InChI=1S/C10H17N3O2S2/c11-8(16)6-13-10(15)9(14)12-5-7-1-3-17-4-2-7/h7H,1-6H2,(H2,11,16)(H,12,14)(H,13,15). The molecule has 1 rings (SSSR count). The summed E-state index contributed by atoms with van der Waals surface area (Å²) in [6.07, 6.45) is 2.19. The van der Waals surface area contributed by atoms with Crippen LogP contribution in [0, 0.1) is 5.92 Å². The molecule has 1 heterocycles. The second kappa shape index (κ2) is 7.50. The number of hydrogen-bond acceptors (Lipinski definition) is 4. The summed E-state index contributed by atoms with van der Waals surface area (Å²) in [5.74, 6) is 1.47. The summed E-state index contributed by atoms with van der Waals surface area (Å²) in [7, 11) is 0. The second-order valence-electron chi connectivity index (χ2n) is 3.91. The minimum absolute atomic E-state index is 0.0572. The molecule has 1 fully saturated rings. The van der Waals surface area contributed by atoms with E-state index >= 15 is 0 Å². The SMILES string of the molecule is NC(=S)CNC(=O)C(=O)NCC1CCSCC1. The summed E-state index contributed by atoms with van der Waals surface area (Å²) in [4.78, 5) is 22.8. The molecule has 96 valence electrons. The van der Waals surface area contributed by atoms with Gasteiger partial charge in [-0.15, -0.1) is 0 Å². The van der Waals surface area contributed by atoms with Crippen molar-refractivity contribution in [2.24, 2.45) is 11.7 Å². The van der Waals surface area contributed by atoms with Crippen LogP contribution in [0.2, 0.25) is 0 Å².